The zero-order valence-electron chi connectivity index (χ0n) is 13.8. The van der Waals surface area contributed by atoms with Gasteiger partial charge in [0.25, 0.3) is 0 Å². The molecule has 0 aromatic heterocycles. The minimum absolute atomic E-state index is 0.00652. The maximum Gasteiger partial charge on any atom is 0.335 e. The Kier molecular flexibility index (Phi) is 9.47. The summed E-state index contributed by atoms with van der Waals surface area (Å²) in [4.78, 5) is 24.1. The van der Waals surface area contributed by atoms with Crippen LogP contribution >= 0.6 is 0 Å². The predicted octanol–water partition coefficient (Wildman–Crippen LogP) is 3.52. The van der Waals surface area contributed by atoms with Crippen molar-refractivity contribution in [3.8, 4) is 0 Å². The van der Waals surface area contributed by atoms with E-state index in [1.165, 1.54) is 0 Å². The number of carbonyl (C=O) groups excluding carboxylic acids is 2. The Balaban J connectivity index is 4.39. The van der Waals surface area contributed by atoms with E-state index in [-0.39, 0.29) is 17.8 Å². The van der Waals surface area contributed by atoms with Crippen LogP contribution in [0.15, 0.2) is 0 Å². The Bertz CT molecular complexity index is 301. The summed E-state index contributed by atoms with van der Waals surface area (Å²) in [7, 11) is 0. The predicted molar refractivity (Wildman–Crippen MR) is 79.6 cm³/mol. The van der Waals surface area contributed by atoms with E-state index < -0.39 is 18.2 Å². The number of ether oxygens (including phenoxy) is 2. The average Bonchev–Trinajstić information content (AvgIpc) is 2.43. The summed E-state index contributed by atoms with van der Waals surface area (Å²) in [5.41, 5.74) is 0. The van der Waals surface area contributed by atoms with E-state index in [0.717, 1.165) is 25.7 Å². The van der Waals surface area contributed by atoms with Crippen molar-refractivity contribution in [1.82, 2.24) is 0 Å². The van der Waals surface area contributed by atoms with E-state index in [1.54, 1.807) is 13.8 Å². The SMILES string of the molecule is CCCC(CC)C(=O)C(C)OC(=O)C(C)OC(C)CC. The first-order chi connectivity index (χ1) is 9.37. The smallest absolute Gasteiger partial charge is 0.335 e. The largest absolute Gasteiger partial charge is 0.453 e. The van der Waals surface area contributed by atoms with Crippen LogP contribution in [0.2, 0.25) is 0 Å². The molecule has 0 saturated heterocycles. The van der Waals surface area contributed by atoms with Gasteiger partial charge in [-0.15, -0.1) is 0 Å². The number of esters is 1. The number of hydrogen-bond acceptors (Lipinski definition) is 4. The Morgan fingerprint density at radius 3 is 2.00 bits per heavy atom. The van der Waals surface area contributed by atoms with Crippen LogP contribution in [-0.4, -0.2) is 30.1 Å². The maximum absolute atomic E-state index is 12.2. The normalized spacial score (nSPS) is 17.1. The molecular formula is C16H30O4. The lowest BCUT2D eigenvalue weighted by Gasteiger charge is -2.21. The highest BCUT2D eigenvalue weighted by molar-refractivity contribution is 5.87. The third kappa shape index (κ3) is 6.51. The first kappa shape index (κ1) is 19.1. The molecule has 118 valence electrons. The van der Waals surface area contributed by atoms with Gasteiger partial charge >= 0.3 is 5.97 Å². The Hall–Kier alpha value is -0.900. The van der Waals surface area contributed by atoms with Gasteiger partial charge in [0, 0.05) is 5.92 Å². The van der Waals surface area contributed by atoms with Crippen molar-refractivity contribution < 1.29 is 19.1 Å². The van der Waals surface area contributed by atoms with E-state index in [4.69, 9.17) is 9.47 Å². The van der Waals surface area contributed by atoms with Crippen molar-refractivity contribution in [3.63, 3.8) is 0 Å². The number of ketones is 1. The summed E-state index contributed by atoms with van der Waals surface area (Å²) >= 11 is 0. The summed E-state index contributed by atoms with van der Waals surface area (Å²) < 4.78 is 10.7. The van der Waals surface area contributed by atoms with Crippen molar-refractivity contribution in [3.05, 3.63) is 0 Å². The number of hydrogen-bond donors (Lipinski definition) is 0. The number of carbonyl (C=O) groups is 2. The van der Waals surface area contributed by atoms with E-state index in [2.05, 4.69) is 6.92 Å². The molecule has 4 heteroatoms. The van der Waals surface area contributed by atoms with Gasteiger partial charge in [0.1, 0.15) is 0 Å². The molecule has 20 heavy (non-hydrogen) atoms. The molecule has 0 radical (unpaired) electrons. The number of rotatable bonds is 10. The molecule has 0 aliphatic carbocycles. The van der Waals surface area contributed by atoms with Gasteiger partial charge in [-0.3, -0.25) is 4.79 Å². The van der Waals surface area contributed by atoms with E-state index in [1.807, 2.05) is 20.8 Å². The van der Waals surface area contributed by atoms with E-state index >= 15 is 0 Å². The van der Waals surface area contributed by atoms with Gasteiger partial charge in [-0.25, -0.2) is 4.79 Å². The second-order valence-corrected chi connectivity index (χ2v) is 5.37. The van der Waals surface area contributed by atoms with Gasteiger partial charge in [-0.05, 0) is 40.0 Å². The summed E-state index contributed by atoms with van der Waals surface area (Å²) in [6.07, 6.45) is 2.10. The van der Waals surface area contributed by atoms with Crippen LogP contribution in [0, 0.1) is 5.92 Å². The monoisotopic (exact) mass is 286 g/mol. The maximum atomic E-state index is 12.2. The standard InChI is InChI=1S/C16H30O4/c1-7-10-14(9-3)15(17)12(5)20-16(18)13(6)19-11(4)8-2/h11-14H,7-10H2,1-6H3. The van der Waals surface area contributed by atoms with Crippen LogP contribution in [0.25, 0.3) is 0 Å². The second kappa shape index (κ2) is 9.92. The van der Waals surface area contributed by atoms with E-state index in [9.17, 15) is 9.59 Å². The zero-order valence-corrected chi connectivity index (χ0v) is 13.8. The van der Waals surface area contributed by atoms with E-state index in [0.29, 0.717) is 0 Å². The minimum atomic E-state index is -0.693. The lowest BCUT2D eigenvalue weighted by molar-refractivity contribution is -0.167. The Morgan fingerprint density at radius 2 is 1.55 bits per heavy atom. The van der Waals surface area contributed by atoms with Gasteiger partial charge in [-0.1, -0.05) is 27.2 Å². The lowest BCUT2D eigenvalue weighted by Crippen LogP contribution is -2.35. The minimum Gasteiger partial charge on any atom is -0.453 e. The Labute approximate surface area is 123 Å². The number of Topliss-reactive ketones (excluding diaryl/α,β-unsaturated/α-hetero) is 1. The molecule has 0 aliphatic heterocycles. The van der Waals surface area contributed by atoms with Crippen LogP contribution in [0.4, 0.5) is 0 Å². The van der Waals surface area contributed by atoms with Crippen molar-refractivity contribution in [2.24, 2.45) is 5.92 Å². The molecule has 0 fully saturated rings. The first-order valence-electron chi connectivity index (χ1n) is 7.76. The summed E-state index contributed by atoms with van der Waals surface area (Å²) in [5, 5.41) is 0. The molecule has 0 bridgehead atoms. The molecule has 0 saturated carbocycles. The molecule has 0 amide bonds. The summed E-state index contributed by atoms with van der Waals surface area (Å²) in [5.74, 6) is -0.468. The molecule has 0 spiro atoms. The summed E-state index contributed by atoms with van der Waals surface area (Å²) in [6.45, 7) is 11.2. The average molecular weight is 286 g/mol. The molecule has 4 unspecified atom stereocenters. The van der Waals surface area contributed by atoms with Gasteiger partial charge in [0.15, 0.2) is 18.0 Å². The highest BCUT2D eigenvalue weighted by Gasteiger charge is 2.27. The molecule has 0 rings (SSSR count). The molecule has 0 heterocycles. The second-order valence-electron chi connectivity index (χ2n) is 5.37. The van der Waals surface area contributed by atoms with Crippen molar-refractivity contribution >= 4 is 11.8 Å². The van der Waals surface area contributed by atoms with Crippen LogP contribution in [0.3, 0.4) is 0 Å². The van der Waals surface area contributed by atoms with Gasteiger partial charge in [0.05, 0.1) is 6.10 Å². The highest BCUT2D eigenvalue weighted by atomic mass is 16.6. The van der Waals surface area contributed by atoms with Crippen LogP contribution in [0.5, 0.6) is 0 Å². The molecule has 0 N–H and O–H groups in total. The van der Waals surface area contributed by atoms with Crippen molar-refractivity contribution in [2.75, 3.05) is 0 Å². The lowest BCUT2D eigenvalue weighted by atomic mass is 9.93. The highest BCUT2D eigenvalue weighted by Crippen LogP contribution is 2.16. The van der Waals surface area contributed by atoms with Gasteiger partial charge < -0.3 is 9.47 Å². The van der Waals surface area contributed by atoms with Crippen molar-refractivity contribution in [1.29, 1.82) is 0 Å². The van der Waals surface area contributed by atoms with Gasteiger partial charge in [0.2, 0.25) is 0 Å². The van der Waals surface area contributed by atoms with Gasteiger partial charge in [-0.2, -0.15) is 0 Å². The third-order valence-electron chi connectivity index (χ3n) is 3.57. The topological polar surface area (TPSA) is 52.6 Å². The van der Waals surface area contributed by atoms with Crippen LogP contribution < -0.4 is 0 Å². The zero-order chi connectivity index (χ0) is 15.7. The molecule has 0 aromatic rings. The fourth-order valence-corrected chi connectivity index (χ4v) is 2.06. The fraction of sp³-hybridized carbons (Fsp3) is 0.875. The molecular weight excluding hydrogens is 256 g/mol. The van der Waals surface area contributed by atoms with Crippen molar-refractivity contribution in [2.45, 2.75) is 85.5 Å². The molecule has 0 aromatic carbocycles. The summed E-state index contributed by atoms with van der Waals surface area (Å²) in [6, 6.07) is 0. The van der Waals surface area contributed by atoms with Crippen LogP contribution in [-0.2, 0) is 19.1 Å². The fourth-order valence-electron chi connectivity index (χ4n) is 2.06. The van der Waals surface area contributed by atoms with Crippen LogP contribution in [0.1, 0.15) is 67.2 Å². The third-order valence-corrected chi connectivity index (χ3v) is 3.57. The Morgan fingerprint density at radius 1 is 0.950 bits per heavy atom. The molecule has 4 nitrogen and oxygen atoms in total. The first-order valence-corrected chi connectivity index (χ1v) is 7.76. The molecule has 4 atom stereocenters. The quantitative estimate of drug-likeness (QED) is 0.577. The molecule has 0 aliphatic rings.